The number of pyridine rings is 1. The minimum Gasteiger partial charge on any atom is -0.323 e. The Hall–Kier alpha value is -3.66. The smallest absolute Gasteiger partial charge is 0.266 e. The Bertz CT molecular complexity index is 1120. The molecule has 124 valence electrons. The number of benzene rings is 2. The molecule has 0 unspecified atom stereocenters. The summed E-state index contributed by atoms with van der Waals surface area (Å²) in [5.74, 6) is -0.547. The number of amides is 2. The van der Waals surface area contributed by atoms with Crippen LogP contribution in [-0.2, 0) is 0 Å². The lowest BCUT2D eigenvalue weighted by atomic mass is 10.1. The molecule has 0 bridgehead atoms. The fourth-order valence-corrected chi connectivity index (χ4v) is 3.46. The zero-order valence-electron chi connectivity index (χ0n) is 13.8. The van der Waals surface area contributed by atoms with Crippen LogP contribution in [0.5, 0.6) is 0 Å². The van der Waals surface area contributed by atoms with Gasteiger partial charge in [-0.15, -0.1) is 0 Å². The normalized spacial score (nSPS) is 13.5. The van der Waals surface area contributed by atoms with Gasteiger partial charge in [0.1, 0.15) is 0 Å². The van der Waals surface area contributed by atoms with E-state index in [9.17, 15) is 9.59 Å². The molecule has 0 saturated carbocycles. The molecule has 2 aromatic carbocycles. The van der Waals surface area contributed by atoms with Crippen LogP contribution in [0.25, 0.3) is 16.6 Å². The minimum atomic E-state index is -0.273. The van der Waals surface area contributed by atoms with E-state index in [0.717, 1.165) is 16.6 Å². The number of anilines is 1. The first-order valence-corrected chi connectivity index (χ1v) is 8.37. The van der Waals surface area contributed by atoms with Crippen molar-refractivity contribution in [1.29, 1.82) is 0 Å². The van der Waals surface area contributed by atoms with Gasteiger partial charge in [0.2, 0.25) is 0 Å². The Morgan fingerprint density at radius 2 is 1.38 bits per heavy atom. The molecule has 0 aliphatic carbocycles. The van der Waals surface area contributed by atoms with Crippen LogP contribution in [0.15, 0.2) is 85.2 Å². The molecular weight excluding hydrogens is 324 g/mol. The summed E-state index contributed by atoms with van der Waals surface area (Å²) >= 11 is 0. The fraction of sp³-hybridized carbons (Fsp3) is 0. The molecule has 0 spiro atoms. The van der Waals surface area contributed by atoms with Crippen LogP contribution >= 0.6 is 0 Å². The van der Waals surface area contributed by atoms with Gasteiger partial charge in [-0.1, -0.05) is 30.3 Å². The highest BCUT2D eigenvalue weighted by Crippen LogP contribution is 2.31. The molecule has 4 nitrogen and oxygen atoms in total. The van der Waals surface area contributed by atoms with E-state index in [1.165, 1.54) is 4.90 Å². The summed E-state index contributed by atoms with van der Waals surface area (Å²) in [5.41, 5.74) is 4.59. The van der Waals surface area contributed by atoms with E-state index in [-0.39, 0.29) is 11.8 Å². The average molecular weight is 338 g/mol. The van der Waals surface area contributed by atoms with E-state index in [1.54, 1.807) is 30.3 Å². The van der Waals surface area contributed by atoms with E-state index in [4.69, 9.17) is 0 Å². The molecule has 5 rings (SSSR count). The van der Waals surface area contributed by atoms with Crippen molar-refractivity contribution >= 4 is 23.0 Å². The van der Waals surface area contributed by atoms with E-state index >= 15 is 0 Å². The van der Waals surface area contributed by atoms with Gasteiger partial charge in [-0.05, 0) is 48.0 Å². The molecule has 3 heterocycles. The summed E-state index contributed by atoms with van der Waals surface area (Å²) in [7, 11) is 0. The van der Waals surface area contributed by atoms with Crippen LogP contribution in [0, 0.1) is 0 Å². The summed E-state index contributed by atoms with van der Waals surface area (Å²) in [4.78, 5) is 26.6. The maximum absolute atomic E-state index is 12.7. The topological polar surface area (TPSA) is 41.8 Å². The molecule has 1 aliphatic rings. The van der Waals surface area contributed by atoms with Gasteiger partial charge >= 0.3 is 0 Å². The van der Waals surface area contributed by atoms with Crippen molar-refractivity contribution in [1.82, 2.24) is 4.40 Å². The zero-order chi connectivity index (χ0) is 17.7. The predicted octanol–water partition coefficient (Wildman–Crippen LogP) is 4.41. The summed E-state index contributed by atoms with van der Waals surface area (Å²) in [5, 5.41) is 0. The number of imide groups is 1. The first kappa shape index (κ1) is 14.7. The number of rotatable bonds is 2. The van der Waals surface area contributed by atoms with Crippen molar-refractivity contribution in [2.45, 2.75) is 0 Å². The van der Waals surface area contributed by atoms with Crippen molar-refractivity contribution < 1.29 is 9.59 Å². The van der Waals surface area contributed by atoms with Crippen LogP contribution in [-0.4, -0.2) is 16.2 Å². The van der Waals surface area contributed by atoms with E-state index < -0.39 is 0 Å². The van der Waals surface area contributed by atoms with Crippen LogP contribution in [0.1, 0.15) is 20.7 Å². The van der Waals surface area contributed by atoms with Crippen LogP contribution in [0.2, 0.25) is 0 Å². The van der Waals surface area contributed by atoms with Gasteiger partial charge in [0, 0.05) is 23.5 Å². The van der Waals surface area contributed by atoms with Crippen LogP contribution in [0.3, 0.4) is 0 Å². The van der Waals surface area contributed by atoms with Gasteiger partial charge in [-0.2, -0.15) is 0 Å². The molecule has 0 atom stereocenters. The lowest BCUT2D eigenvalue weighted by Crippen LogP contribution is -2.29. The van der Waals surface area contributed by atoms with Crippen molar-refractivity contribution in [3.63, 3.8) is 0 Å². The first-order chi connectivity index (χ1) is 12.7. The quantitative estimate of drug-likeness (QED) is 0.508. The number of carbonyl (C=O) groups excluding carboxylic acids is 2. The number of hydrogen-bond donors (Lipinski definition) is 0. The summed E-state index contributed by atoms with van der Waals surface area (Å²) in [6.07, 6.45) is 4.03. The van der Waals surface area contributed by atoms with Crippen molar-refractivity contribution in [3.05, 3.63) is 96.3 Å². The second-order valence-corrected chi connectivity index (χ2v) is 6.30. The summed E-state index contributed by atoms with van der Waals surface area (Å²) in [6.45, 7) is 0. The highest BCUT2D eigenvalue weighted by molar-refractivity contribution is 6.34. The number of aromatic nitrogens is 1. The number of nitrogens with zero attached hydrogens (tertiary/aromatic N) is 2. The van der Waals surface area contributed by atoms with Gasteiger partial charge in [-0.25, -0.2) is 4.90 Å². The molecule has 2 amide bonds. The third-order valence-corrected chi connectivity index (χ3v) is 4.74. The lowest BCUT2D eigenvalue weighted by molar-refractivity contribution is 0.0926. The average Bonchev–Trinajstić information content (AvgIpc) is 3.22. The summed E-state index contributed by atoms with van der Waals surface area (Å²) < 4.78 is 2.05. The second kappa shape index (κ2) is 5.43. The SMILES string of the molecule is O=C1c2ccccc2C(=O)N1c1cccc(-c2cc3ccccn3c2)c1. The van der Waals surface area contributed by atoms with Crippen molar-refractivity contribution in [3.8, 4) is 11.1 Å². The first-order valence-electron chi connectivity index (χ1n) is 8.37. The lowest BCUT2D eigenvalue weighted by Gasteiger charge is -2.14. The van der Waals surface area contributed by atoms with Gasteiger partial charge in [-0.3, -0.25) is 9.59 Å². The second-order valence-electron chi connectivity index (χ2n) is 6.30. The molecule has 0 saturated heterocycles. The Morgan fingerprint density at radius 1 is 0.654 bits per heavy atom. The fourth-order valence-electron chi connectivity index (χ4n) is 3.46. The molecule has 0 radical (unpaired) electrons. The van der Waals surface area contributed by atoms with E-state index in [2.05, 4.69) is 6.07 Å². The Labute approximate surface area is 149 Å². The van der Waals surface area contributed by atoms with Gasteiger partial charge in [0.05, 0.1) is 16.8 Å². The Balaban J connectivity index is 1.59. The minimum absolute atomic E-state index is 0.273. The molecule has 1 aliphatic heterocycles. The zero-order valence-corrected chi connectivity index (χ0v) is 13.8. The number of fused-ring (bicyclic) bond motifs is 2. The molecule has 2 aromatic heterocycles. The molecule has 4 heteroatoms. The third-order valence-electron chi connectivity index (χ3n) is 4.74. The third kappa shape index (κ3) is 2.09. The Kier molecular flexibility index (Phi) is 3.06. The highest BCUT2D eigenvalue weighted by Gasteiger charge is 2.36. The highest BCUT2D eigenvalue weighted by atomic mass is 16.2. The molecule has 26 heavy (non-hydrogen) atoms. The Morgan fingerprint density at radius 3 is 2.12 bits per heavy atom. The van der Waals surface area contributed by atoms with Gasteiger partial charge in [0.15, 0.2) is 0 Å². The molecular formula is C22H14N2O2. The van der Waals surface area contributed by atoms with Crippen molar-refractivity contribution in [2.24, 2.45) is 0 Å². The standard InChI is InChI=1S/C22H14N2O2/c25-21-19-9-1-2-10-20(19)22(26)24(21)18-8-5-6-15(12-18)16-13-17-7-3-4-11-23(17)14-16/h1-14H. The van der Waals surface area contributed by atoms with Gasteiger partial charge < -0.3 is 4.40 Å². The predicted molar refractivity (Wildman–Crippen MR) is 100 cm³/mol. The monoisotopic (exact) mass is 338 g/mol. The van der Waals surface area contributed by atoms with E-state index in [1.807, 2.05) is 53.2 Å². The van der Waals surface area contributed by atoms with Crippen molar-refractivity contribution in [2.75, 3.05) is 4.90 Å². The molecule has 4 aromatic rings. The van der Waals surface area contributed by atoms with E-state index in [0.29, 0.717) is 16.8 Å². The number of carbonyl (C=O) groups is 2. The summed E-state index contributed by atoms with van der Waals surface area (Å²) in [6, 6.07) is 22.6. The maximum Gasteiger partial charge on any atom is 0.266 e. The number of hydrogen-bond acceptors (Lipinski definition) is 2. The van der Waals surface area contributed by atoms with Crippen LogP contribution in [0.4, 0.5) is 5.69 Å². The molecule has 0 N–H and O–H groups in total. The molecule has 0 fully saturated rings. The van der Waals surface area contributed by atoms with Crippen LogP contribution < -0.4 is 4.90 Å². The largest absolute Gasteiger partial charge is 0.323 e. The maximum atomic E-state index is 12.7. The van der Waals surface area contributed by atoms with Gasteiger partial charge in [0.25, 0.3) is 11.8 Å².